The predicted molar refractivity (Wildman–Crippen MR) is 79.4 cm³/mol. The summed E-state index contributed by atoms with van der Waals surface area (Å²) in [6.07, 6.45) is 0.432. The molecule has 0 fully saturated rings. The molecular formula is C15H22N2O4. The van der Waals surface area contributed by atoms with E-state index in [-0.39, 0.29) is 18.2 Å². The molecule has 2 amide bonds. The van der Waals surface area contributed by atoms with Gasteiger partial charge >= 0.3 is 12.0 Å². The van der Waals surface area contributed by atoms with E-state index >= 15 is 0 Å². The van der Waals surface area contributed by atoms with E-state index in [1.54, 1.807) is 45.2 Å². The lowest BCUT2D eigenvalue weighted by atomic mass is 10.0. The Kier molecular flexibility index (Phi) is 5.72. The topological polar surface area (TPSA) is 89.9 Å². The zero-order chi connectivity index (χ0) is 16.0. The summed E-state index contributed by atoms with van der Waals surface area (Å²) in [6, 6.07) is 6.41. The highest BCUT2D eigenvalue weighted by molar-refractivity contribution is 5.89. The molecule has 0 aliphatic rings. The summed E-state index contributed by atoms with van der Waals surface area (Å²) in [5, 5.41) is 21.0. The van der Waals surface area contributed by atoms with Crippen molar-refractivity contribution >= 4 is 12.0 Å². The van der Waals surface area contributed by atoms with Crippen molar-refractivity contribution in [3.63, 3.8) is 0 Å². The average molecular weight is 294 g/mol. The van der Waals surface area contributed by atoms with Gasteiger partial charge in [0.15, 0.2) is 0 Å². The fourth-order valence-corrected chi connectivity index (χ4v) is 1.75. The molecule has 0 saturated heterocycles. The molecule has 3 N–H and O–H groups in total. The fraction of sp³-hybridized carbons (Fsp3) is 0.467. The quantitative estimate of drug-likeness (QED) is 0.738. The Morgan fingerprint density at radius 3 is 2.48 bits per heavy atom. The first-order valence-electron chi connectivity index (χ1n) is 6.73. The van der Waals surface area contributed by atoms with Gasteiger partial charge in [-0.3, -0.25) is 0 Å². The summed E-state index contributed by atoms with van der Waals surface area (Å²) in [5.41, 5.74) is 0.272. The van der Waals surface area contributed by atoms with Gasteiger partial charge in [0.2, 0.25) is 0 Å². The van der Waals surface area contributed by atoms with Crippen molar-refractivity contribution in [2.75, 3.05) is 20.2 Å². The largest absolute Gasteiger partial charge is 0.478 e. The molecule has 0 radical (unpaired) electrons. The summed E-state index contributed by atoms with van der Waals surface area (Å²) in [5.74, 6) is -0.976. The van der Waals surface area contributed by atoms with Crippen LogP contribution in [0, 0.1) is 0 Å². The van der Waals surface area contributed by atoms with Gasteiger partial charge in [0.1, 0.15) is 0 Å². The minimum absolute atomic E-state index is 0.140. The van der Waals surface area contributed by atoms with Crippen LogP contribution in [0.5, 0.6) is 0 Å². The summed E-state index contributed by atoms with van der Waals surface area (Å²) in [7, 11) is 1.61. The molecule has 0 aromatic heterocycles. The van der Waals surface area contributed by atoms with Crippen LogP contribution in [0.25, 0.3) is 0 Å². The number of carbonyl (C=O) groups is 2. The molecular weight excluding hydrogens is 272 g/mol. The molecule has 6 nitrogen and oxygen atoms in total. The average Bonchev–Trinajstić information content (AvgIpc) is 2.46. The number of aliphatic hydroxyl groups excluding tert-OH is 1. The van der Waals surface area contributed by atoms with E-state index in [2.05, 4.69) is 5.32 Å². The first-order chi connectivity index (χ1) is 9.79. The number of nitrogens with zero attached hydrogens (tertiary/aromatic N) is 1. The van der Waals surface area contributed by atoms with Gasteiger partial charge in [-0.2, -0.15) is 0 Å². The fourth-order valence-electron chi connectivity index (χ4n) is 1.75. The van der Waals surface area contributed by atoms with Crippen LogP contribution in [0.15, 0.2) is 24.3 Å². The third-order valence-corrected chi connectivity index (χ3v) is 3.52. The smallest absolute Gasteiger partial charge is 0.335 e. The lowest BCUT2D eigenvalue weighted by molar-refractivity contribution is 0.0695. The molecule has 0 spiro atoms. The lowest BCUT2D eigenvalue weighted by Crippen LogP contribution is -2.51. The lowest BCUT2D eigenvalue weighted by Gasteiger charge is -2.33. The Morgan fingerprint density at radius 1 is 1.29 bits per heavy atom. The van der Waals surface area contributed by atoms with Gasteiger partial charge in [-0.15, -0.1) is 0 Å². The van der Waals surface area contributed by atoms with Gasteiger partial charge in [0, 0.05) is 13.6 Å². The van der Waals surface area contributed by atoms with Gasteiger partial charge in [-0.1, -0.05) is 18.2 Å². The molecule has 1 aromatic carbocycles. The highest BCUT2D eigenvalue weighted by Gasteiger charge is 2.26. The zero-order valence-electron chi connectivity index (χ0n) is 12.6. The summed E-state index contributed by atoms with van der Waals surface area (Å²) >= 11 is 0. The summed E-state index contributed by atoms with van der Waals surface area (Å²) in [4.78, 5) is 24.4. The Balaban J connectivity index is 2.58. The van der Waals surface area contributed by atoms with E-state index < -0.39 is 11.5 Å². The number of aromatic carboxylic acids is 1. The molecule has 1 rings (SSSR count). The number of likely N-dealkylation sites (N-methyl/N-ethyl adjacent to an activating group) is 1. The van der Waals surface area contributed by atoms with Crippen LogP contribution in [0.3, 0.4) is 0 Å². The molecule has 0 atom stereocenters. The van der Waals surface area contributed by atoms with Crippen molar-refractivity contribution in [2.24, 2.45) is 0 Å². The molecule has 1 aromatic rings. The maximum Gasteiger partial charge on any atom is 0.335 e. The van der Waals surface area contributed by atoms with Crippen LogP contribution >= 0.6 is 0 Å². The normalized spacial score (nSPS) is 11.0. The van der Waals surface area contributed by atoms with Crippen molar-refractivity contribution in [3.05, 3.63) is 35.4 Å². The number of carbonyl (C=O) groups excluding carboxylic acids is 1. The van der Waals surface area contributed by atoms with Gasteiger partial charge in [0.25, 0.3) is 0 Å². The third kappa shape index (κ3) is 4.46. The second-order valence-corrected chi connectivity index (χ2v) is 5.47. The molecule has 116 valence electrons. The Hall–Kier alpha value is -2.08. The molecule has 0 unspecified atom stereocenters. The molecule has 0 bridgehead atoms. The van der Waals surface area contributed by atoms with Gasteiger partial charge in [-0.25, -0.2) is 9.59 Å². The second kappa shape index (κ2) is 7.08. The SMILES string of the molecule is CN(C(=O)NCCc1ccccc1C(=O)O)C(C)(C)CO. The van der Waals surface area contributed by atoms with Crippen LogP contribution in [0.4, 0.5) is 4.79 Å². The molecule has 0 aliphatic heterocycles. The number of hydrogen-bond donors (Lipinski definition) is 3. The highest BCUT2D eigenvalue weighted by Crippen LogP contribution is 2.11. The highest BCUT2D eigenvalue weighted by atomic mass is 16.4. The number of rotatable bonds is 6. The first kappa shape index (κ1) is 17.0. The predicted octanol–water partition coefficient (Wildman–Crippen LogP) is 1.34. The van der Waals surface area contributed by atoms with Crippen molar-refractivity contribution in [1.29, 1.82) is 0 Å². The molecule has 0 saturated carbocycles. The number of benzene rings is 1. The van der Waals surface area contributed by atoms with Crippen molar-refractivity contribution in [1.82, 2.24) is 10.2 Å². The summed E-state index contributed by atoms with van der Waals surface area (Å²) < 4.78 is 0. The zero-order valence-corrected chi connectivity index (χ0v) is 12.6. The Morgan fingerprint density at radius 2 is 1.90 bits per heavy atom. The van der Waals surface area contributed by atoms with Crippen LogP contribution in [0.2, 0.25) is 0 Å². The first-order valence-corrected chi connectivity index (χ1v) is 6.73. The van der Waals surface area contributed by atoms with E-state index in [9.17, 15) is 14.7 Å². The number of urea groups is 1. The van der Waals surface area contributed by atoms with Crippen molar-refractivity contribution < 1.29 is 19.8 Å². The van der Waals surface area contributed by atoms with E-state index in [1.165, 1.54) is 4.90 Å². The Labute approximate surface area is 124 Å². The molecule has 21 heavy (non-hydrogen) atoms. The van der Waals surface area contributed by atoms with Crippen LogP contribution in [0.1, 0.15) is 29.8 Å². The number of carboxylic acids is 1. The van der Waals surface area contributed by atoms with Crippen LogP contribution < -0.4 is 5.32 Å². The van der Waals surface area contributed by atoms with Crippen LogP contribution in [-0.2, 0) is 6.42 Å². The maximum atomic E-state index is 11.9. The van der Waals surface area contributed by atoms with Crippen LogP contribution in [-0.4, -0.2) is 52.9 Å². The van der Waals surface area contributed by atoms with E-state index in [1.807, 2.05) is 0 Å². The van der Waals surface area contributed by atoms with E-state index in [4.69, 9.17) is 5.11 Å². The number of nitrogens with one attached hydrogen (secondary N) is 1. The maximum absolute atomic E-state index is 11.9. The third-order valence-electron chi connectivity index (χ3n) is 3.52. The standard InChI is InChI=1S/C15H22N2O4/c1-15(2,10-18)17(3)14(21)16-9-8-11-6-4-5-7-12(11)13(19)20/h4-7,18H,8-10H2,1-3H3,(H,16,21)(H,19,20). The number of hydrogen-bond acceptors (Lipinski definition) is 3. The number of carboxylic acid groups (broad SMARTS) is 1. The monoisotopic (exact) mass is 294 g/mol. The second-order valence-electron chi connectivity index (χ2n) is 5.47. The van der Waals surface area contributed by atoms with Crippen molar-refractivity contribution in [3.8, 4) is 0 Å². The van der Waals surface area contributed by atoms with E-state index in [0.717, 1.165) is 0 Å². The van der Waals surface area contributed by atoms with Crippen molar-refractivity contribution in [2.45, 2.75) is 25.8 Å². The molecule has 0 heterocycles. The van der Waals surface area contributed by atoms with Gasteiger partial charge in [-0.05, 0) is 31.9 Å². The van der Waals surface area contributed by atoms with Gasteiger partial charge < -0.3 is 20.4 Å². The minimum atomic E-state index is -0.976. The van der Waals surface area contributed by atoms with E-state index in [0.29, 0.717) is 18.5 Å². The summed E-state index contributed by atoms with van der Waals surface area (Å²) in [6.45, 7) is 3.70. The van der Waals surface area contributed by atoms with Gasteiger partial charge in [0.05, 0.1) is 17.7 Å². The Bertz CT molecular complexity index is 514. The number of amides is 2. The number of aliphatic hydroxyl groups is 1. The molecule has 6 heteroatoms. The molecule has 0 aliphatic carbocycles. The minimum Gasteiger partial charge on any atom is -0.478 e.